The van der Waals surface area contributed by atoms with Crippen molar-refractivity contribution < 1.29 is 4.79 Å². The van der Waals surface area contributed by atoms with Gasteiger partial charge < -0.3 is 10.6 Å². The zero-order valence-electron chi connectivity index (χ0n) is 12.5. The Morgan fingerprint density at radius 2 is 1.89 bits per heavy atom. The van der Waals surface area contributed by atoms with Gasteiger partial charge in [-0.1, -0.05) is 51.1 Å². The molecule has 1 aromatic rings. The van der Waals surface area contributed by atoms with Crippen LogP contribution in [0.4, 0.5) is 4.79 Å². The summed E-state index contributed by atoms with van der Waals surface area (Å²) in [6.07, 6.45) is 1.87. The van der Waals surface area contributed by atoms with Gasteiger partial charge in [-0.15, -0.1) is 0 Å². The molecule has 2 amide bonds. The van der Waals surface area contributed by atoms with E-state index in [1.54, 1.807) is 0 Å². The molecule has 3 heteroatoms. The minimum Gasteiger partial charge on any atom is -0.338 e. The lowest BCUT2D eigenvalue weighted by atomic mass is 9.79. The second-order valence-electron chi connectivity index (χ2n) is 5.76. The molecule has 0 spiro atoms. The second-order valence-corrected chi connectivity index (χ2v) is 5.76. The molecule has 0 aromatic heterocycles. The number of carbonyl (C=O) groups excluding carboxylic acids is 1. The molecule has 0 aliphatic heterocycles. The van der Waals surface area contributed by atoms with E-state index < -0.39 is 0 Å². The highest BCUT2D eigenvalue weighted by atomic mass is 16.2. The molecule has 1 rings (SSSR count). The van der Waals surface area contributed by atoms with Crippen LogP contribution in [-0.4, -0.2) is 18.6 Å². The summed E-state index contributed by atoms with van der Waals surface area (Å²) in [5, 5.41) is 5.83. The van der Waals surface area contributed by atoms with Gasteiger partial charge in [-0.2, -0.15) is 0 Å². The average molecular weight is 262 g/mol. The van der Waals surface area contributed by atoms with Crippen molar-refractivity contribution in [1.29, 1.82) is 0 Å². The van der Waals surface area contributed by atoms with Crippen molar-refractivity contribution in [2.75, 3.05) is 6.54 Å². The van der Waals surface area contributed by atoms with Crippen LogP contribution in [0.25, 0.3) is 0 Å². The number of carbonyl (C=O) groups is 1. The Labute approximate surface area is 116 Å². The van der Waals surface area contributed by atoms with Gasteiger partial charge in [0, 0.05) is 12.6 Å². The molecule has 1 atom stereocenters. The largest absolute Gasteiger partial charge is 0.338 e. The van der Waals surface area contributed by atoms with Crippen LogP contribution in [-0.2, 0) is 5.41 Å². The molecule has 0 saturated carbocycles. The van der Waals surface area contributed by atoms with E-state index in [1.807, 2.05) is 13.0 Å². The number of rotatable bonds is 6. The quantitative estimate of drug-likeness (QED) is 0.810. The molecule has 0 heterocycles. The third kappa shape index (κ3) is 5.33. The molecule has 0 aliphatic carbocycles. The highest BCUT2D eigenvalue weighted by Crippen LogP contribution is 2.27. The number of nitrogens with one attached hydrogen (secondary N) is 2. The van der Waals surface area contributed by atoms with Crippen molar-refractivity contribution in [2.45, 2.75) is 52.0 Å². The molecule has 106 valence electrons. The third-order valence-corrected chi connectivity index (χ3v) is 3.28. The minimum absolute atomic E-state index is 0.0543. The molecule has 0 radical (unpaired) electrons. The Morgan fingerprint density at radius 3 is 2.47 bits per heavy atom. The van der Waals surface area contributed by atoms with E-state index in [9.17, 15) is 4.79 Å². The number of hydrogen-bond donors (Lipinski definition) is 2. The zero-order valence-corrected chi connectivity index (χ0v) is 12.5. The van der Waals surface area contributed by atoms with E-state index >= 15 is 0 Å². The maximum atomic E-state index is 11.6. The molecule has 19 heavy (non-hydrogen) atoms. The first kappa shape index (κ1) is 15.5. The number of amides is 2. The standard InChI is InChI=1S/C16H26N2O/c1-5-11-17-15(19)18-13(2)12-16(3,4)14-9-7-6-8-10-14/h6-10,13H,5,11-12H2,1-4H3,(H2,17,18,19)/t13-/m1/s1. The van der Waals surface area contributed by atoms with Gasteiger partial charge in [-0.05, 0) is 30.7 Å². The lowest BCUT2D eigenvalue weighted by Crippen LogP contribution is -2.43. The predicted molar refractivity (Wildman–Crippen MR) is 80.4 cm³/mol. The monoisotopic (exact) mass is 262 g/mol. The van der Waals surface area contributed by atoms with Crippen molar-refractivity contribution in [1.82, 2.24) is 10.6 Å². The second kappa shape index (κ2) is 7.17. The van der Waals surface area contributed by atoms with Gasteiger partial charge in [0.05, 0.1) is 0 Å². The van der Waals surface area contributed by atoms with Crippen LogP contribution in [0.15, 0.2) is 30.3 Å². The van der Waals surface area contributed by atoms with E-state index in [2.05, 4.69) is 55.7 Å². The van der Waals surface area contributed by atoms with Crippen LogP contribution in [0, 0.1) is 0 Å². The summed E-state index contributed by atoms with van der Waals surface area (Å²) in [4.78, 5) is 11.6. The van der Waals surface area contributed by atoms with Gasteiger partial charge in [0.2, 0.25) is 0 Å². The van der Waals surface area contributed by atoms with Gasteiger partial charge in [0.25, 0.3) is 0 Å². The van der Waals surface area contributed by atoms with Crippen LogP contribution in [0.5, 0.6) is 0 Å². The molecule has 2 N–H and O–H groups in total. The van der Waals surface area contributed by atoms with Crippen molar-refractivity contribution in [3.05, 3.63) is 35.9 Å². The summed E-state index contributed by atoms with van der Waals surface area (Å²) >= 11 is 0. The molecule has 0 unspecified atom stereocenters. The highest BCUT2D eigenvalue weighted by Gasteiger charge is 2.23. The summed E-state index contributed by atoms with van der Waals surface area (Å²) in [7, 11) is 0. The van der Waals surface area contributed by atoms with Gasteiger partial charge in [0.1, 0.15) is 0 Å². The van der Waals surface area contributed by atoms with E-state index in [1.165, 1.54) is 5.56 Å². The van der Waals surface area contributed by atoms with Crippen LogP contribution >= 0.6 is 0 Å². The maximum absolute atomic E-state index is 11.6. The van der Waals surface area contributed by atoms with Crippen molar-refractivity contribution in [3.63, 3.8) is 0 Å². The number of hydrogen-bond acceptors (Lipinski definition) is 1. The van der Waals surface area contributed by atoms with Gasteiger partial charge >= 0.3 is 6.03 Å². The van der Waals surface area contributed by atoms with Crippen LogP contribution in [0.2, 0.25) is 0 Å². The zero-order chi connectivity index (χ0) is 14.3. The van der Waals surface area contributed by atoms with Crippen LogP contribution in [0.3, 0.4) is 0 Å². The minimum atomic E-state index is -0.0711. The Hall–Kier alpha value is -1.51. The molecule has 0 bridgehead atoms. The molecular weight excluding hydrogens is 236 g/mol. The molecule has 0 aliphatic rings. The van der Waals surface area contributed by atoms with Crippen molar-refractivity contribution in [2.24, 2.45) is 0 Å². The Bertz CT molecular complexity index is 387. The molecule has 0 fully saturated rings. The summed E-state index contributed by atoms with van der Waals surface area (Å²) in [6.45, 7) is 9.24. The van der Waals surface area contributed by atoms with E-state index in [-0.39, 0.29) is 17.5 Å². The first-order chi connectivity index (χ1) is 8.95. The molecule has 0 saturated heterocycles. The lowest BCUT2D eigenvalue weighted by Gasteiger charge is -2.29. The Balaban J connectivity index is 2.51. The fourth-order valence-electron chi connectivity index (χ4n) is 2.34. The number of urea groups is 1. The van der Waals surface area contributed by atoms with Crippen molar-refractivity contribution in [3.8, 4) is 0 Å². The Morgan fingerprint density at radius 1 is 1.26 bits per heavy atom. The molecular formula is C16H26N2O. The van der Waals surface area contributed by atoms with Crippen LogP contribution < -0.4 is 10.6 Å². The fraction of sp³-hybridized carbons (Fsp3) is 0.562. The van der Waals surface area contributed by atoms with Gasteiger partial charge in [-0.25, -0.2) is 4.79 Å². The van der Waals surface area contributed by atoms with E-state index in [0.29, 0.717) is 0 Å². The van der Waals surface area contributed by atoms with E-state index in [0.717, 1.165) is 19.4 Å². The summed E-state index contributed by atoms with van der Waals surface area (Å²) < 4.78 is 0. The first-order valence-corrected chi connectivity index (χ1v) is 7.05. The topological polar surface area (TPSA) is 41.1 Å². The normalized spacial score (nSPS) is 12.8. The first-order valence-electron chi connectivity index (χ1n) is 7.05. The third-order valence-electron chi connectivity index (χ3n) is 3.28. The average Bonchev–Trinajstić information content (AvgIpc) is 2.36. The number of benzene rings is 1. The van der Waals surface area contributed by atoms with Crippen LogP contribution in [0.1, 0.15) is 46.1 Å². The summed E-state index contributed by atoms with van der Waals surface area (Å²) in [5.41, 5.74) is 1.36. The smallest absolute Gasteiger partial charge is 0.314 e. The van der Waals surface area contributed by atoms with E-state index in [4.69, 9.17) is 0 Å². The summed E-state index contributed by atoms with van der Waals surface area (Å²) in [5.74, 6) is 0. The summed E-state index contributed by atoms with van der Waals surface area (Å²) in [6, 6.07) is 10.5. The predicted octanol–water partition coefficient (Wildman–Crippen LogP) is 3.45. The lowest BCUT2D eigenvalue weighted by molar-refractivity contribution is 0.235. The van der Waals surface area contributed by atoms with Gasteiger partial charge in [0.15, 0.2) is 0 Å². The van der Waals surface area contributed by atoms with Gasteiger partial charge in [-0.3, -0.25) is 0 Å². The SMILES string of the molecule is CCCNC(=O)N[C@H](C)CC(C)(C)c1ccccc1. The maximum Gasteiger partial charge on any atom is 0.314 e. The molecule has 1 aromatic carbocycles. The fourth-order valence-corrected chi connectivity index (χ4v) is 2.34. The molecule has 3 nitrogen and oxygen atoms in total. The highest BCUT2D eigenvalue weighted by molar-refractivity contribution is 5.74. The Kier molecular flexibility index (Phi) is 5.87. The van der Waals surface area contributed by atoms with Crippen molar-refractivity contribution >= 4 is 6.03 Å².